The lowest BCUT2D eigenvalue weighted by Gasteiger charge is -2.23. The number of hydrogen-bond donors (Lipinski definition) is 1. The van der Waals surface area contributed by atoms with Crippen LogP contribution in [0.1, 0.15) is 17.5 Å². The van der Waals surface area contributed by atoms with Gasteiger partial charge in [-0.15, -0.1) is 0 Å². The van der Waals surface area contributed by atoms with E-state index in [1.165, 1.54) is 6.07 Å². The van der Waals surface area contributed by atoms with Gasteiger partial charge in [0.1, 0.15) is 11.6 Å². The molecule has 0 spiro atoms. The normalized spacial score (nSPS) is 20.1. The zero-order valence-corrected chi connectivity index (χ0v) is 9.80. The number of halogens is 2. The smallest absolute Gasteiger partial charge is 0.265 e. The van der Waals surface area contributed by atoms with E-state index in [1.54, 1.807) is 0 Å². The van der Waals surface area contributed by atoms with Crippen molar-refractivity contribution in [1.29, 1.82) is 0 Å². The van der Waals surface area contributed by atoms with Gasteiger partial charge < -0.3 is 0 Å². The van der Waals surface area contributed by atoms with Crippen molar-refractivity contribution in [2.75, 3.05) is 5.75 Å². The first kappa shape index (κ1) is 12.4. The summed E-state index contributed by atoms with van der Waals surface area (Å²) in [4.78, 5) is 0. The fourth-order valence-corrected chi connectivity index (χ4v) is 3.18. The summed E-state index contributed by atoms with van der Waals surface area (Å²) in [5.74, 6) is -1.93. The zero-order valence-electron chi connectivity index (χ0n) is 8.99. The molecule has 0 amide bonds. The van der Waals surface area contributed by atoms with Gasteiger partial charge in [-0.3, -0.25) is 4.55 Å². The van der Waals surface area contributed by atoms with Crippen LogP contribution in [0, 0.1) is 17.6 Å². The topological polar surface area (TPSA) is 54.4 Å². The molecule has 3 nitrogen and oxygen atoms in total. The van der Waals surface area contributed by atoms with E-state index >= 15 is 0 Å². The van der Waals surface area contributed by atoms with Gasteiger partial charge in [0.05, 0.1) is 5.75 Å². The largest absolute Gasteiger partial charge is 0.286 e. The van der Waals surface area contributed by atoms with E-state index in [9.17, 15) is 17.2 Å². The van der Waals surface area contributed by atoms with E-state index in [4.69, 9.17) is 4.55 Å². The van der Waals surface area contributed by atoms with Crippen LogP contribution in [0.15, 0.2) is 12.1 Å². The molecule has 0 heterocycles. The lowest BCUT2D eigenvalue weighted by Crippen LogP contribution is -2.23. The molecule has 0 fully saturated rings. The molecular formula is C11H12F2O3S. The molecule has 0 aromatic heterocycles. The third-order valence-electron chi connectivity index (χ3n) is 3.01. The predicted molar refractivity (Wildman–Crippen MR) is 58.3 cm³/mol. The number of benzene rings is 1. The van der Waals surface area contributed by atoms with Crippen LogP contribution in [0.4, 0.5) is 8.78 Å². The van der Waals surface area contributed by atoms with Crippen molar-refractivity contribution in [2.45, 2.75) is 19.3 Å². The van der Waals surface area contributed by atoms with Gasteiger partial charge in [-0.1, -0.05) is 0 Å². The second-order valence-corrected chi connectivity index (χ2v) is 5.88. The Labute approximate surface area is 98.2 Å². The Morgan fingerprint density at radius 3 is 2.71 bits per heavy atom. The molecular weight excluding hydrogens is 250 g/mol. The van der Waals surface area contributed by atoms with Gasteiger partial charge in [-0.2, -0.15) is 8.42 Å². The highest BCUT2D eigenvalue weighted by molar-refractivity contribution is 7.85. The number of rotatable bonds is 2. The van der Waals surface area contributed by atoms with Gasteiger partial charge in [0.15, 0.2) is 0 Å². The van der Waals surface area contributed by atoms with Crippen LogP contribution in [0.2, 0.25) is 0 Å². The van der Waals surface area contributed by atoms with Crippen LogP contribution in [0.3, 0.4) is 0 Å². The molecule has 0 saturated heterocycles. The van der Waals surface area contributed by atoms with Crippen molar-refractivity contribution in [3.8, 4) is 0 Å². The van der Waals surface area contributed by atoms with Crippen molar-refractivity contribution in [3.63, 3.8) is 0 Å². The summed E-state index contributed by atoms with van der Waals surface area (Å²) in [6, 6.07) is 2.08. The summed E-state index contributed by atoms with van der Waals surface area (Å²) >= 11 is 0. The summed E-state index contributed by atoms with van der Waals surface area (Å²) in [6.07, 6.45) is 1.17. The Bertz CT molecular complexity index is 540. The minimum absolute atomic E-state index is 0.223. The number of hydrogen-bond acceptors (Lipinski definition) is 2. The second-order valence-electron chi connectivity index (χ2n) is 4.38. The van der Waals surface area contributed by atoms with Crippen molar-refractivity contribution >= 4 is 10.1 Å². The zero-order chi connectivity index (χ0) is 12.6. The van der Waals surface area contributed by atoms with Gasteiger partial charge in [-0.05, 0) is 42.4 Å². The quantitative estimate of drug-likeness (QED) is 0.829. The molecule has 1 atom stereocenters. The number of fused-ring (bicyclic) bond motifs is 1. The Morgan fingerprint density at radius 1 is 1.35 bits per heavy atom. The monoisotopic (exact) mass is 262 g/mol. The molecule has 1 unspecified atom stereocenters. The van der Waals surface area contributed by atoms with Crippen molar-refractivity contribution in [1.82, 2.24) is 0 Å². The molecule has 1 N–H and O–H groups in total. The Balaban J connectivity index is 2.24. The molecule has 17 heavy (non-hydrogen) atoms. The van der Waals surface area contributed by atoms with Crippen LogP contribution >= 0.6 is 0 Å². The number of aryl methyl sites for hydroxylation is 1. The minimum Gasteiger partial charge on any atom is -0.286 e. The summed E-state index contributed by atoms with van der Waals surface area (Å²) in [5, 5.41) is 0. The van der Waals surface area contributed by atoms with E-state index in [-0.39, 0.29) is 18.1 Å². The van der Waals surface area contributed by atoms with Crippen molar-refractivity contribution in [2.24, 2.45) is 5.92 Å². The predicted octanol–water partition coefficient (Wildman–Crippen LogP) is 1.96. The van der Waals surface area contributed by atoms with E-state index in [1.807, 2.05) is 0 Å². The molecule has 1 aromatic rings. The second kappa shape index (κ2) is 4.34. The van der Waals surface area contributed by atoms with Crippen molar-refractivity contribution in [3.05, 3.63) is 34.9 Å². The van der Waals surface area contributed by atoms with E-state index in [0.29, 0.717) is 24.0 Å². The van der Waals surface area contributed by atoms with Crippen LogP contribution in [-0.4, -0.2) is 18.7 Å². The minimum atomic E-state index is -4.04. The van der Waals surface area contributed by atoms with Crippen LogP contribution in [0.5, 0.6) is 0 Å². The van der Waals surface area contributed by atoms with Crippen LogP contribution < -0.4 is 0 Å². The maximum Gasteiger partial charge on any atom is 0.265 e. The van der Waals surface area contributed by atoms with Gasteiger partial charge in [0, 0.05) is 6.07 Å². The highest BCUT2D eigenvalue weighted by atomic mass is 32.2. The van der Waals surface area contributed by atoms with Gasteiger partial charge >= 0.3 is 0 Å². The summed E-state index contributed by atoms with van der Waals surface area (Å²) in [6.45, 7) is 0. The first-order chi connectivity index (χ1) is 7.85. The fraction of sp³-hybridized carbons (Fsp3) is 0.455. The maximum atomic E-state index is 13.5. The average Bonchev–Trinajstić information content (AvgIpc) is 2.16. The lowest BCUT2D eigenvalue weighted by atomic mass is 9.84. The molecule has 1 aliphatic carbocycles. The Hall–Kier alpha value is -1.01. The SMILES string of the molecule is O=S(=O)(O)CC1CCc2cc(F)cc(F)c2C1. The molecule has 94 valence electrons. The first-order valence-corrected chi connectivity index (χ1v) is 6.88. The summed E-state index contributed by atoms with van der Waals surface area (Å²) < 4.78 is 56.7. The Morgan fingerprint density at radius 2 is 2.06 bits per heavy atom. The lowest BCUT2D eigenvalue weighted by molar-refractivity contribution is 0.434. The molecule has 1 aromatic carbocycles. The standard InChI is InChI=1S/C11H12F2O3S/c12-9-4-8-2-1-7(6-17(14,15)16)3-10(8)11(13)5-9/h4-5,7H,1-3,6H2,(H,14,15,16). The molecule has 2 rings (SSSR count). The highest BCUT2D eigenvalue weighted by Gasteiger charge is 2.25. The molecule has 0 aliphatic heterocycles. The molecule has 6 heteroatoms. The van der Waals surface area contributed by atoms with E-state index in [2.05, 4.69) is 0 Å². The van der Waals surface area contributed by atoms with Crippen molar-refractivity contribution < 1.29 is 21.8 Å². The van der Waals surface area contributed by atoms with Crippen LogP contribution in [-0.2, 0) is 23.0 Å². The van der Waals surface area contributed by atoms with E-state index < -0.39 is 21.8 Å². The third-order valence-corrected chi connectivity index (χ3v) is 3.91. The van der Waals surface area contributed by atoms with Gasteiger partial charge in [0.2, 0.25) is 0 Å². The molecule has 0 saturated carbocycles. The summed E-state index contributed by atoms with van der Waals surface area (Å²) in [5.41, 5.74) is 0.959. The highest BCUT2D eigenvalue weighted by Crippen LogP contribution is 2.29. The molecule has 0 radical (unpaired) electrons. The molecule has 0 bridgehead atoms. The third kappa shape index (κ3) is 3.01. The fourth-order valence-electron chi connectivity index (χ4n) is 2.30. The Kier molecular flexibility index (Phi) is 3.18. The van der Waals surface area contributed by atoms with E-state index in [0.717, 1.165) is 6.07 Å². The maximum absolute atomic E-state index is 13.5. The van der Waals surface area contributed by atoms with Gasteiger partial charge in [-0.25, -0.2) is 8.78 Å². The van der Waals surface area contributed by atoms with Crippen LogP contribution in [0.25, 0.3) is 0 Å². The average molecular weight is 262 g/mol. The first-order valence-electron chi connectivity index (χ1n) is 5.27. The summed E-state index contributed by atoms with van der Waals surface area (Å²) in [7, 11) is -4.04. The van der Waals surface area contributed by atoms with Gasteiger partial charge in [0.25, 0.3) is 10.1 Å². The molecule has 1 aliphatic rings.